The zero-order chi connectivity index (χ0) is 22.2. The molecule has 2 aromatic carbocycles. The van der Waals surface area contributed by atoms with Crippen molar-refractivity contribution in [2.24, 2.45) is 0 Å². The monoisotopic (exact) mass is 453 g/mol. The SMILES string of the molecule is CS(=O)(=O)c1cccc(-c2ccc(-n3nc(C(=O)O)cc3-c3ccccc3Cl)cn2)c1. The minimum absolute atomic E-state index is 0.125. The summed E-state index contributed by atoms with van der Waals surface area (Å²) in [6.45, 7) is 0. The van der Waals surface area contributed by atoms with Gasteiger partial charge in [-0.25, -0.2) is 17.9 Å². The first-order chi connectivity index (χ1) is 14.7. The summed E-state index contributed by atoms with van der Waals surface area (Å²) in [6, 6.07) is 18.5. The van der Waals surface area contributed by atoms with Gasteiger partial charge in [0.25, 0.3) is 0 Å². The Labute approximate surface area is 183 Å². The molecule has 0 saturated heterocycles. The van der Waals surface area contributed by atoms with Crippen molar-refractivity contribution >= 4 is 27.4 Å². The Kier molecular flexibility index (Phi) is 5.34. The summed E-state index contributed by atoms with van der Waals surface area (Å²) < 4.78 is 25.1. The van der Waals surface area contributed by atoms with E-state index < -0.39 is 15.8 Å². The molecule has 0 bridgehead atoms. The van der Waals surface area contributed by atoms with Crippen molar-refractivity contribution in [2.45, 2.75) is 4.90 Å². The van der Waals surface area contributed by atoms with Crippen molar-refractivity contribution in [1.29, 1.82) is 0 Å². The highest BCUT2D eigenvalue weighted by atomic mass is 35.5. The Hall–Kier alpha value is -3.49. The van der Waals surface area contributed by atoms with Gasteiger partial charge in [0.2, 0.25) is 0 Å². The number of carbonyl (C=O) groups is 1. The molecular formula is C22H16ClN3O4S. The number of hydrogen-bond acceptors (Lipinski definition) is 5. The third-order valence-electron chi connectivity index (χ3n) is 4.63. The van der Waals surface area contributed by atoms with Gasteiger partial charge in [-0.05, 0) is 36.4 Å². The van der Waals surface area contributed by atoms with Crippen molar-refractivity contribution in [3.05, 3.63) is 83.6 Å². The number of nitrogens with zero attached hydrogens (tertiary/aromatic N) is 3. The molecule has 1 N–H and O–H groups in total. The number of sulfone groups is 1. The normalized spacial score (nSPS) is 11.4. The van der Waals surface area contributed by atoms with Crippen LogP contribution in [0.4, 0.5) is 0 Å². The summed E-state index contributed by atoms with van der Waals surface area (Å²) in [4.78, 5) is 16.1. The fourth-order valence-electron chi connectivity index (χ4n) is 3.11. The van der Waals surface area contributed by atoms with Crippen molar-refractivity contribution in [1.82, 2.24) is 14.8 Å². The molecule has 0 radical (unpaired) electrons. The fourth-order valence-corrected chi connectivity index (χ4v) is 4.01. The summed E-state index contributed by atoms with van der Waals surface area (Å²) in [5.41, 5.74) is 2.77. The summed E-state index contributed by atoms with van der Waals surface area (Å²) >= 11 is 6.31. The van der Waals surface area contributed by atoms with Crippen LogP contribution in [0.1, 0.15) is 10.5 Å². The van der Waals surface area contributed by atoms with Crippen molar-refractivity contribution in [3.63, 3.8) is 0 Å². The molecule has 9 heteroatoms. The maximum Gasteiger partial charge on any atom is 0.356 e. The zero-order valence-corrected chi connectivity index (χ0v) is 17.8. The second-order valence-corrected chi connectivity index (χ2v) is 9.24. The molecule has 4 aromatic rings. The van der Waals surface area contributed by atoms with Crippen LogP contribution in [-0.2, 0) is 9.84 Å². The van der Waals surface area contributed by atoms with Gasteiger partial charge < -0.3 is 5.11 Å². The Bertz CT molecular complexity index is 1400. The number of benzene rings is 2. The van der Waals surface area contributed by atoms with Crippen molar-refractivity contribution < 1.29 is 18.3 Å². The maximum absolute atomic E-state index is 11.8. The number of aromatic carboxylic acids is 1. The minimum Gasteiger partial charge on any atom is -0.476 e. The highest BCUT2D eigenvalue weighted by molar-refractivity contribution is 7.90. The molecule has 156 valence electrons. The van der Waals surface area contributed by atoms with Gasteiger partial charge >= 0.3 is 5.97 Å². The third kappa shape index (κ3) is 4.21. The summed E-state index contributed by atoms with van der Waals surface area (Å²) in [7, 11) is -3.34. The predicted molar refractivity (Wildman–Crippen MR) is 117 cm³/mol. The molecule has 0 unspecified atom stereocenters. The van der Waals surface area contributed by atoms with Gasteiger partial charge in [0.1, 0.15) is 0 Å². The number of halogens is 1. The maximum atomic E-state index is 11.8. The van der Waals surface area contributed by atoms with Crippen LogP contribution in [0, 0.1) is 0 Å². The average molecular weight is 454 g/mol. The second kappa shape index (κ2) is 7.98. The lowest BCUT2D eigenvalue weighted by Crippen LogP contribution is -2.03. The number of carboxylic acid groups (broad SMARTS) is 1. The standard InChI is InChI=1S/C22H16ClN3O4S/c1-31(29,30)16-6-4-5-14(11-16)19-10-9-15(13-24-19)26-21(12-20(25-26)22(27)28)17-7-2-3-8-18(17)23/h2-13H,1H3,(H,27,28). The van der Waals surface area contributed by atoms with E-state index in [2.05, 4.69) is 10.1 Å². The van der Waals surface area contributed by atoms with Gasteiger partial charge in [-0.3, -0.25) is 4.98 Å². The molecule has 0 atom stereocenters. The number of aromatic nitrogens is 3. The molecule has 0 aliphatic heterocycles. The van der Waals surface area contributed by atoms with E-state index in [1.54, 1.807) is 60.8 Å². The van der Waals surface area contributed by atoms with E-state index in [9.17, 15) is 18.3 Å². The molecule has 2 aromatic heterocycles. The molecule has 0 saturated carbocycles. The van der Waals surface area contributed by atoms with Gasteiger partial charge in [0.15, 0.2) is 15.5 Å². The summed E-state index contributed by atoms with van der Waals surface area (Å²) in [5, 5.41) is 14.0. The van der Waals surface area contributed by atoms with Crippen LogP contribution in [0.3, 0.4) is 0 Å². The Balaban J connectivity index is 1.78. The molecule has 0 aliphatic rings. The Morgan fingerprint density at radius 1 is 1.03 bits per heavy atom. The molecule has 4 rings (SSSR count). The smallest absolute Gasteiger partial charge is 0.356 e. The fraction of sp³-hybridized carbons (Fsp3) is 0.0455. The third-order valence-corrected chi connectivity index (χ3v) is 6.07. The first-order valence-electron chi connectivity index (χ1n) is 9.09. The van der Waals surface area contributed by atoms with E-state index in [0.29, 0.717) is 33.2 Å². The molecule has 0 aliphatic carbocycles. The summed E-state index contributed by atoms with van der Waals surface area (Å²) in [5.74, 6) is -1.16. The Morgan fingerprint density at radius 3 is 2.45 bits per heavy atom. The quantitative estimate of drug-likeness (QED) is 0.481. The average Bonchev–Trinajstić information content (AvgIpc) is 3.19. The molecule has 0 fully saturated rings. The van der Waals surface area contributed by atoms with Crippen molar-refractivity contribution in [2.75, 3.05) is 6.26 Å². The van der Waals surface area contributed by atoms with E-state index in [4.69, 9.17) is 11.6 Å². The largest absolute Gasteiger partial charge is 0.476 e. The second-order valence-electron chi connectivity index (χ2n) is 6.81. The van der Waals surface area contributed by atoms with Gasteiger partial charge in [-0.2, -0.15) is 5.10 Å². The van der Waals surface area contributed by atoms with E-state index in [-0.39, 0.29) is 10.6 Å². The topological polar surface area (TPSA) is 102 Å². The van der Waals surface area contributed by atoms with Crippen LogP contribution in [0.15, 0.2) is 77.8 Å². The molecule has 0 spiro atoms. The van der Waals surface area contributed by atoms with Gasteiger partial charge in [-0.15, -0.1) is 0 Å². The highest BCUT2D eigenvalue weighted by Crippen LogP contribution is 2.30. The van der Waals surface area contributed by atoms with Crippen LogP contribution in [0.25, 0.3) is 28.2 Å². The first kappa shape index (κ1) is 20.8. The van der Waals surface area contributed by atoms with Crippen molar-refractivity contribution in [3.8, 4) is 28.2 Å². The predicted octanol–water partition coefficient (Wildman–Crippen LogP) is 4.36. The van der Waals surface area contributed by atoms with Gasteiger partial charge in [0.05, 0.1) is 28.2 Å². The lowest BCUT2D eigenvalue weighted by Gasteiger charge is -2.10. The molecule has 7 nitrogen and oxygen atoms in total. The first-order valence-corrected chi connectivity index (χ1v) is 11.4. The number of carboxylic acids is 1. The van der Waals surface area contributed by atoms with E-state index in [1.807, 2.05) is 0 Å². The zero-order valence-electron chi connectivity index (χ0n) is 16.2. The molecule has 31 heavy (non-hydrogen) atoms. The van der Waals surface area contributed by atoms with Crippen LogP contribution >= 0.6 is 11.6 Å². The van der Waals surface area contributed by atoms with Crippen LogP contribution < -0.4 is 0 Å². The minimum atomic E-state index is -3.34. The van der Waals surface area contributed by atoms with Crippen LogP contribution in [-0.4, -0.2) is 40.5 Å². The molecule has 0 amide bonds. The van der Waals surface area contributed by atoms with Crippen LogP contribution in [0.5, 0.6) is 0 Å². The number of hydrogen-bond donors (Lipinski definition) is 1. The lowest BCUT2D eigenvalue weighted by molar-refractivity contribution is 0.0690. The molecule has 2 heterocycles. The number of rotatable bonds is 5. The lowest BCUT2D eigenvalue weighted by atomic mass is 10.1. The van der Waals surface area contributed by atoms with Crippen LogP contribution in [0.2, 0.25) is 5.02 Å². The van der Waals surface area contributed by atoms with Gasteiger partial charge in [0, 0.05) is 22.4 Å². The Morgan fingerprint density at radius 2 is 1.81 bits per heavy atom. The van der Waals surface area contributed by atoms with E-state index in [1.165, 1.54) is 16.8 Å². The summed E-state index contributed by atoms with van der Waals surface area (Å²) in [6.07, 6.45) is 2.69. The molecular weight excluding hydrogens is 438 g/mol. The highest BCUT2D eigenvalue weighted by Gasteiger charge is 2.18. The number of pyridine rings is 1. The van der Waals surface area contributed by atoms with E-state index in [0.717, 1.165) is 6.26 Å². The van der Waals surface area contributed by atoms with E-state index >= 15 is 0 Å². The van der Waals surface area contributed by atoms with Gasteiger partial charge in [-0.1, -0.05) is 41.9 Å².